The van der Waals surface area contributed by atoms with E-state index in [0.29, 0.717) is 11.7 Å². The second-order valence-corrected chi connectivity index (χ2v) is 3.53. The van der Waals surface area contributed by atoms with Crippen LogP contribution in [0.3, 0.4) is 0 Å². The zero-order chi connectivity index (χ0) is 9.14. The number of hydrogen-bond acceptors (Lipinski definition) is 3. The van der Waals surface area contributed by atoms with Crippen molar-refractivity contribution in [2.45, 2.75) is 33.2 Å². The molecule has 0 amide bonds. The Kier molecular flexibility index (Phi) is 2.81. The Labute approximate surface area is 72.6 Å². The predicted octanol–water partition coefficient (Wildman–Crippen LogP) is 1.02. The van der Waals surface area contributed by atoms with Crippen molar-refractivity contribution in [1.82, 2.24) is 15.2 Å². The van der Waals surface area contributed by atoms with Gasteiger partial charge in [-0.15, -0.1) is 0 Å². The van der Waals surface area contributed by atoms with Crippen LogP contribution in [0, 0.1) is 5.92 Å². The van der Waals surface area contributed by atoms with Crippen LogP contribution in [0.2, 0.25) is 0 Å². The number of nitrogens with two attached hydrogens (primary N) is 1. The molecular weight excluding hydrogens is 152 g/mol. The van der Waals surface area contributed by atoms with Crippen molar-refractivity contribution >= 4 is 0 Å². The monoisotopic (exact) mass is 168 g/mol. The first-order chi connectivity index (χ1) is 5.59. The highest BCUT2D eigenvalue weighted by Crippen LogP contribution is 2.06. The average molecular weight is 168 g/mol. The van der Waals surface area contributed by atoms with Crippen molar-refractivity contribution in [1.29, 1.82) is 0 Å². The first-order valence-electron chi connectivity index (χ1n) is 4.26. The van der Waals surface area contributed by atoms with E-state index in [0.717, 1.165) is 12.2 Å². The number of hydrogen-bond donors (Lipinski definition) is 2. The van der Waals surface area contributed by atoms with E-state index < -0.39 is 0 Å². The van der Waals surface area contributed by atoms with Gasteiger partial charge in [-0.25, -0.2) is 4.98 Å². The van der Waals surface area contributed by atoms with Crippen LogP contribution < -0.4 is 5.73 Å². The van der Waals surface area contributed by atoms with Crippen LogP contribution in [-0.4, -0.2) is 15.2 Å². The Morgan fingerprint density at radius 1 is 1.42 bits per heavy atom. The van der Waals surface area contributed by atoms with E-state index in [1.54, 1.807) is 0 Å². The summed E-state index contributed by atoms with van der Waals surface area (Å²) in [6, 6.07) is -0.0813. The van der Waals surface area contributed by atoms with E-state index in [1.807, 2.05) is 6.92 Å². The number of aromatic amines is 1. The molecule has 0 bridgehead atoms. The molecule has 1 aromatic rings. The number of aromatic nitrogens is 3. The predicted molar refractivity (Wildman–Crippen MR) is 47.5 cm³/mol. The highest BCUT2D eigenvalue weighted by atomic mass is 15.2. The lowest BCUT2D eigenvalue weighted by Crippen LogP contribution is -2.07. The molecule has 1 rings (SSSR count). The Bertz CT molecular complexity index is 239. The molecule has 0 aliphatic heterocycles. The molecule has 1 aromatic heterocycles. The Morgan fingerprint density at radius 2 is 2.08 bits per heavy atom. The lowest BCUT2D eigenvalue weighted by atomic mass is 10.1. The fourth-order valence-electron chi connectivity index (χ4n) is 0.992. The maximum atomic E-state index is 5.61. The van der Waals surface area contributed by atoms with Crippen molar-refractivity contribution in [3.8, 4) is 0 Å². The quantitative estimate of drug-likeness (QED) is 0.708. The Hall–Kier alpha value is -0.900. The van der Waals surface area contributed by atoms with Crippen molar-refractivity contribution in [3.05, 3.63) is 11.6 Å². The number of nitrogens with zero attached hydrogens (tertiary/aromatic N) is 2. The van der Waals surface area contributed by atoms with Gasteiger partial charge in [0.1, 0.15) is 5.82 Å². The minimum Gasteiger partial charge on any atom is -0.321 e. The van der Waals surface area contributed by atoms with Crippen LogP contribution in [0.25, 0.3) is 0 Å². The molecule has 12 heavy (non-hydrogen) atoms. The van der Waals surface area contributed by atoms with E-state index in [9.17, 15) is 0 Å². The highest BCUT2D eigenvalue weighted by Gasteiger charge is 2.07. The summed E-state index contributed by atoms with van der Waals surface area (Å²) >= 11 is 0. The Balaban J connectivity index is 2.64. The van der Waals surface area contributed by atoms with Crippen LogP contribution in [0.15, 0.2) is 0 Å². The summed E-state index contributed by atoms with van der Waals surface area (Å²) in [5.41, 5.74) is 5.61. The fraction of sp³-hybridized carbons (Fsp3) is 0.750. The zero-order valence-corrected chi connectivity index (χ0v) is 7.83. The first-order valence-corrected chi connectivity index (χ1v) is 4.26. The van der Waals surface area contributed by atoms with Gasteiger partial charge in [-0.2, -0.15) is 5.10 Å². The van der Waals surface area contributed by atoms with E-state index in [4.69, 9.17) is 5.73 Å². The lowest BCUT2D eigenvalue weighted by molar-refractivity contribution is 0.621. The van der Waals surface area contributed by atoms with Crippen LogP contribution in [0.4, 0.5) is 0 Å². The van der Waals surface area contributed by atoms with Gasteiger partial charge < -0.3 is 5.73 Å². The van der Waals surface area contributed by atoms with Crippen LogP contribution in [0.5, 0.6) is 0 Å². The number of rotatable bonds is 3. The molecule has 0 saturated carbocycles. The third kappa shape index (κ3) is 2.30. The third-order valence-electron chi connectivity index (χ3n) is 1.56. The number of H-pyrrole nitrogens is 1. The smallest absolute Gasteiger partial charge is 0.167 e. The molecule has 0 aliphatic rings. The molecule has 1 atom stereocenters. The average Bonchev–Trinajstić information content (AvgIpc) is 2.34. The van der Waals surface area contributed by atoms with Gasteiger partial charge in [0.2, 0.25) is 0 Å². The van der Waals surface area contributed by atoms with Gasteiger partial charge in [0.15, 0.2) is 5.82 Å². The summed E-state index contributed by atoms with van der Waals surface area (Å²) in [6.07, 6.45) is 0.930. The topological polar surface area (TPSA) is 67.6 Å². The van der Waals surface area contributed by atoms with E-state index in [1.165, 1.54) is 0 Å². The summed E-state index contributed by atoms with van der Waals surface area (Å²) in [6.45, 7) is 6.17. The second kappa shape index (κ2) is 3.67. The molecule has 68 valence electrons. The summed E-state index contributed by atoms with van der Waals surface area (Å²) in [7, 11) is 0. The van der Waals surface area contributed by atoms with Gasteiger partial charge in [-0.05, 0) is 12.8 Å². The molecule has 0 saturated heterocycles. The standard InChI is InChI=1S/C8H16N4/c1-5(2)4-7-10-8(6(3)9)12-11-7/h5-6H,4,9H2,1-3H3,(H,10,11,12)/t6-/m1/s1. The molecule has 4 nitrogen and oxygen atoms in total. The summed E-state index contributed by atoms with van der Waals surface area (Å²) in [5.74, 6) is 2.22. The van der Waals surface area contributed by atoms with Crippen molar-refractivity contribution in [3.63, 3.8) is 0 Å². The van der Waals surface area contributed by atoms with Crippen molar-refractivity contribution in [2.24, 2.45) is 11.7 Å². The molecule has 1 heterocycles. The molecule has 3 N–H and O–H groups in total. The zero-order valence-electron chi connectivity index (χ0n) is 7.83. The maximum absolute atomic E-state index is 5.61. The minimum absolute atomic E-state index is 0.0813. The first kappa shape index (κ1) is 9.19. The van der Waals surface area contributed by atoms with Crippen LogP contribution >= 0.6 is 0 Å². The van der Waals surface area contributed by atoms with Gasteiger partial charge in [-0.3, -0.25) is 5.10 Å². The summed E-state index contributed by atoms with van der Waals surface area (Å²) in [5, 5.41) is 6.88. The van der Waals surface area contributed by atoms with E-state index in [2.05, 4.69) is 29.0 Å². The molecule has 0 fully saturated rings. The largest absolute Gasteiger partial charge is 0.321 e. The van der Waals surface area contributed by atoms with Crippen molar-refractivity contribution in [2.75, 3.05) is 0 Å². The lowest BCUT2D eigenvalue weighted by Gasteiger charge is -1.98. The third-order valence-corrected chi connectivity index (χ3v) is 1.56. The van der Waals surface area contributed by atoms with Gasteiger partial charge in [-0.1, -0.05) is 13.8 Å². The molecule has 0 aromatic carbocycles. The second-order valence-electron chi connectivity index (χ2n) is 3.53. The molecule has 0 radical (unpaired) electrons. The molecule has 0 spiro atoms. The van der Waals surface area contributed by atoms with E-state index in [-0.39, 0.29) is 6.04 Å². The van der Waals surface area contributed by atoms with Gasteiger partial charge in [0.05, 0.1) is 6.04 Å². The summed E-state index contributed by atoms with van der Waals surface area (Å²) < 4.78 is 0. The summed E-state index contributed by atoms with van der Waals surface area (Å²) in [4.78, 5) is 4.26. The van der Waals surface area contributed by atoms with Crippen LogP contribution in [-0.2, 0) is 6.42 Å². The normalized spacial score (nSPS) is 13.8. The maximum Gasteiger partial charge on any atom is 0.167 e. The molecule has 0 aliphatic carbocycles. The van der Waals surface area contributed by atoms with Gasteiger partial charge in [0, 0.05) is 6.42 Å². The van der Waals surface area contributed by atoms with E-state index >= 15 is 0 Å². The van der Waals surface area contributed by atoms with Gasteiger partial charge >= 0.3 is 0 Å². The van der Waals surface area contributed by atoms with Gasteiger partial charge in [0.25, 0.3) is 0 Å². The van der Waals surface area contributed by atoms with Crippen LogP contribution in [0.1, 0.15) is 38.5 Å². The minimum atomic E-state index is -0.0813. The molecule has 0 unspecified atom stereocenters. The fourth-order valence-corrected chi connectivity index (χ4v) is 0.992. The highest BCUT2D eigenvalue weighted by molar-refractivity contribution is 4.94. The molecule has 4 heteroatoms. The SMILES string of the molecule is CC(C)Cc1nc([C@@H](C)N)n[nH]1. The number of nitrogens with one attached hydrogen (secondary N) is 1. The Morgan fingerprint density at radius 3 is 2.50 bits per heavy atom. The molecular formula is C8H16N4. The van der Waals surface area contributed by atoms with Crippen molar-refractivity contribution < 1.29 is 0 Å².